The number of benzene rings is 2. The molecule has 0 radical (unpaired) electrons. The van der Waals surface area contributed by atoms with Gasteiger partial charge in [0.25, 0.3) is 0 Å². The summed E-state index contributed by atoms with van der Waals surface area (Å²) < 4.78 is 11.2. The lowest BCUT2D eigenvalue weighted by atomic mass is 9.85. The molecule has 33 heavy (non-hydrogen) atoms. The Hall–Kier alpha value is -3.02. The van der Waals surface area contributed by atoms with Crippen molar-refractivity contribution in [1.82, 2.24) is 0 Å². The second-order valence-corrected chi connectivity index (χ2v) is 9.24. The Kier molecular flexibility index (Phi) is 9.32. The predicted octanol–water partition coefficient (Wildman–Crippen LogP) is 6.39. The fourth-order valence-corrected chi connectivity index (χ4v) is 3.94. The Bertz CT molecular complexity index is 961. The van der Waals surface area contributed by atoms with Crippen molar-refractivity contribution in [2.45, 2.75) is 71.6 Å². The second-order valence-electron chi connectivity index (χ2n) is 9.24. The number of amides is 1. The van der Waals surface area contributed by atoms with Crippen LogP contribution in [0.1, 0.15) is 87.7 Å². The first kappa shape index (κ1) is 26.2. The van der Waals surface area contributed by atoms with Crippen LogP contribution in [-0.2, 0) is 10.2 Å². The van der Waals surface area contributed by atoms with Gasteiger partial charge in [-0.3, -0.25) is 4.79 Å². The third kappa shape index (κ3) is 7.24. The third-order valence-electron chi connectivity index (χ3n) is 5.65. The van der Waals surface area contributed by atoms with Crippen LogP contribution in [0.2, 0.25) is 0 Å². The number of methoxy groups -OCH3 is 1. The maximum atomic E-state index is 13.2. The summed E-state index contributed by atoms with van der Waals surface area (Å²) in [6.45, 7) is 10.7. The normalized spacial score (nSPS) is 12.2. The number of unbranched alkanes of at least 4 members (excludes halogenated alkanes) is 1. The monoisotopic (exact) mass is 455 g/mol. The van der Waals surface area contributed by atoms with Crippen LogP contribution in [0.25, 0.3) is 0 Å². The number of carbonyl (C=O) groups excluding carboxylic acids is 1. The number of anilines is 1. The van der Waals surface area contributed by atoms with Gasteiger partial charge in [-0.15, -0.1) is 0 Å². The lowest BCUT2D eigenvalue weighted by Gasteiger charge is -2.25. The lowest BCUT2D eigenvalue weighted by Crippen LogP contribution is -2.21. The fraction of sp³-hybridized carbons (Fsp3) is 0.481. The summed E-state index contributed by atoms with van der Waals surface area (Å²) in [5, 5.41) is 12.4. The molecule has 0 saturated carbocycles. The number of carboxylic acid groups (broad SMARTS) is 1. The maximum Gasteiger partial charge on any atom is 0.335 e. The Morgan fingerprint density at radius 3 is 2.39 bits per heavy atom. The zero-order valence-electron chi connectivity index (χ0n) is 20.7. The molecule has 6 nitrogen and oxygen atoms in total. The Morgan fingerprint density at radius 1 is 1.09 bits per heavy atom. The second kappa shape index (κ2) is 11.7. The average Bonchev–Trinajstić information content (AvgIpc) is 2.76. The molecule has 0 bridgehead atoms. The van der Waals surface area contributed by atoms with Crippen molar-refractivity contribution in [1.29, 1.82) is 0 Å². The van der Waals surface area contributed by atoms with Gasteiger partial charge in [-0.2, -0.15) is 0 Å². The standard InChI is InChI=1S/C27H37NO5/c1-7-9-10-18(21-13-12-20(32-6)17-24(21)33-8-2)16-25(29)28-23-15-19(26(30)31)11-14-22(23)27(3,4)5/h11-15,17-18H,7-10,16H2,1-6H3,(H,28,29)(H,30,31). The highest BCUT2D eigenvalue weighted by atomic mass is 16.5. The molecule has 0 aliphatic rings. The van der Waals surface area contributed by atoms with Gasteiger partial charge in [0, 0.05) is 18.2 Å². The Labute approximate surface area is 197 Å². The summed E-state index contributed by atoms with van der Waals surface area (Å²) in [6.07, 6.45) is 3.12. The molecule has 6 heteroatoms. The number of hydrogen-bond acceptors (Lipinski definition) is 4. The highest BCUT2D eigenvalue weighted by molar-refractivity contribution is 5.95. The van der Waals surface area contributed by atoms with Crippen molar-refractivity contribution in [3.63, 3.8) is 0 Å². The van der Waals surface area contributed by atoms with E-state index in [-0.39, 0.29) is 29.2 Å². The van der Waals surface area contributed by atoms with E-state index in [0.717, 1.165) is 36.1 Å². The molecule has 0 spiro atoms. The first-order chi connectivity index (χ1) is 15.6. The molecule has 1 amide bonds. The summed E-state index contributed by atoms with van der Waals surface area (Å²) >= 11 is 0. The average molecular weight is 456 g/mol. The van der Waals surface area contributed by atoms with Gasteiger partial charge in [-0.1, -0.05) is 52.7 Å². The summed E-state index contributed by atoms with van der Waals surface area (Å²) in [4.78, 5) is 24.7. The van der Waals surface area contributed by atoms with Crippen LogP contribution in [0, 0.1) is 0 Å². The van der Waals surface area contributed by atoms with Crippen molar-refractivity contribution in [2.75, 3.05) is 19.0 Å². The van der Waals surface area contributed by atoms with Gasteiger partial charge in [0.05, 0.1) is 19.3 Å². The summed E-state index contributed by atoms with van der Waals surface area (Å²) in [5.41, 5.74) is 2.32. The summed E-state index contributed by atoms with van der Waals surface area (Å²) in [5.74, 6) is 0.238. The van der Waals surface area contributed by atoms with Gasteiger partial charge in [0.15, 0.2) is 0 Å². The van der Waals surface area contributed by atoms with Crippen molar-refractivity contribution >= 4 is 17.6 Å². The number of aromatic carboxylic acids is 1. The van der Waals surface area contributed by atoms with Crippen molar-refractivity contribution in [3.05, 3.63) is 53.1 Å². The molecule has 2 aromatic rings. The molecule has 0 heterocycles. The molecule has 2 rings (SSSR count). The van der Waals surface area contributed by atoms with E-state index in [9.17, 15) is 14.7 Å². The first-order valence-corrected chi connectivity index (χ1v) is 11.6. The molecule has 1 atom stereocenters. The number of carbonyl (C=O) groups is 2. The zero-order valence-corrected chi connectivity index (χ0v) is 20.7. The highest BCUT2D eigenvalue weighted by Gasteiger charge is 2.24. The van der Waals surface area contributed by atoms with Crippen molar-refractivity contribution < 1.29 is 24.2 Å². The molecule has 0 fully saturated rings. The topological polar surface area (TPSA) is 84.9 Å². The molecule has 2 aromatic carbocycles. The number of carboxylic acids is 1. The van der Waals surface area contributed by atoms with Crippen LogP contribution < -0.4 is 14.8 Å². The van der Waals surface area contributed by atoms with E-state index < -0.39 is 5.97 Å². The number of nitrogens with one attached hydrogen (secondary N) is 1. The van der Waals surface area contributed by atoms with Crippen molar-refractivity contribution in [2.24, 2.45) is 0 Å². The van der Waals surface area contributed by atoms with Crippen molar-refractivity contribution in [3.8, 4) is 11.5 Å². The van der Waals surface area contributed by atoms with E-state index in [1.165, 1.54) is 0 Å². The SMILES string of the molecule is CCCCC(CC(=O)Nc1cc(C(=O)O)ccc1C(C)(C)C)c1ccc(OC)cc1OCC. The Morgan fingerprint density at radius 2 is 1.82 bits per heavy atom. The van der Waals surface area contributed by atoms with Crippen LogP contribution in [0.5, 0.6) is 11.5 Å². The molecule has 1 unspecified atom stereocenters. The molecule has 0 aliphatic carbocycles. The fourth-order valence-electron chi connectivity index (χ4n) is 3.94. The maximum absolute atomic E-state index is 13.2. The van der Waals surface area contributed by atoms with Gasteiger partial charge < -0.3 is 19.9 Å². The first-order valence-electron chi connectivity index (χ1n) is 11.6. The quantitative estimate of drug-likeness (QED) is 0.410. The van der Waals surface area contributed by atoms with Crippen LogP contribution in [0.3, 0.4) is 0 Å². The minimum Gasteiger partial charge on any atom is -0.497 e. The van der Waals surface area contributed by atoms with Gasteiger partial charge >= 0.3 is 5.97 Å². The summed E-state index contributed by atoms with van der Waals surface area (Å²) in [6, 6.07) is 10.6. The van der Waals surface area contributed by atoms with Crippen LogP contribution in [-0.4, -0.2) is 30.7 Å². The lowest BCUT2D eigenvalue weighted by molar-refractivity contribution is -0.116. The van der Waals surface area contributed by atoms with Crippen LogP contribution in [0.15, 0.2) is 36.4 Å². The minimum atomic E-state index is -1.02. The van der Waals surface area contributed by atoms with E-state index in [0.29, 0.717) is 18.0 Å². The molecule has 180 valence electrons. The predicted molar refractivity (Wildman–Crippen MR) is 132 cm³/mol. The number of hydrogen-bond donors (Lipinski definition) is 2. The molecule has 0 aliphatic heterocycles. The van der Waals surface area contributed by atoms with E-state index in [2.05, 4.69) is 12.2 Å². The van der Waals surface area contributed by atoms with Crippen LogP contribution >= 0.6 is 0 Å². The van der Waals surface area contributed by atoms with Gasteiger partial charge in [-0.25, -0.2) is 4.79 Å². The van der Waals surface area contributed by atoms with E-state index in [1.807, 2.05) is 45.9 Å². The van der Waals surface area contributed by atoms with E-state index in [4.69, 9.17) is 9.47 Å². The molecule has 0 aromatic heterocycles. The molecular formula is C27H37NO5. The number of ether oxygens (including phenoxy) is 2. The Balaban J connectivity index is 2.35. The highest BCUT2D eigenvalue weighted by Crippen LogP contribution is 2.36. The van der Waals surface area contributed by atoms with Gasteiger partial charge in [-0.05, 0) is 54.0 Å². The molecule has 0 saturated heterocycles. The third-order valence-corrected chi connectivity index (χ3v) is 5.65. The minimum absolute atomic E-state index is 0.0295. The van der Waals surface area contributed by atoms with Gasteiger partial charge in [0.2, 0.25) is 5.91 Å². The largest absolute Gasteiger partial charge is 0.497 e. The molecular weight excluding hydrogens is 418 g/mol. The summed E-state index contributed by atoms with van der Waals surface area (Å²) in [7, 11) is 1.62. The zero-order chi connectivity index (χ0) is 24.6. The van der Waals surface area contributed by atoms with Gasteiger partial charge in [0.1, 0.15) is 11.5 Å². The number of rotatable bonds is 11. The van der Waals surface area contributed by atoms with Crippen LogP contribution in [0.4, 0.5) is 5.69 Å². The molecule has 2 N–H and O–H groups in total. The smallest absolute Gasteiger partial charge is 0.335 e. The van der Waals surface area contributed by atoms with E-state index in [1.54, 1.807) is 25.3 Å². The van der Waals surface area contributed by atoms with E-state index >= 15 is 0 Å².